The zero-order valence-corrected chi connectivity index (χ0v) is 6.54. The number of hydrogen-bond donors (Lipinski definition) is 0. The van der Waals surface area contributed by atoms with Gasteiger partial charge in [0.15, 0.2) is 5.43 Å². The molecular formula is C8H5O2P. The predicted molar refractivity (Wildman–Crippen MR) is 45.0 cm³/mol. The summed E-state index contributed by atoms with van der Waals surface area (Å²) in [5, 5.41) is 0.659. The minimum absolute atomic E-state index is 0.0496. The standard InChI is InChI=1S/C8H5O2P/c9-7-5-11-10-8-4-2-1-3-6(7)8/h1-5H. The van der Waals surface area contributed by atoms with Gasteiger partial charge in [0.1, 0.15) is 14.0 Å². The molecule has 1 aromatic carbocycles. The normalized spacial score (nSPS) is 10.9. The van der Waals surface area contributed by atoms with Gasteiger partial charge in [0, 0.05) is 0 Å². The average molecular weight is 164 g/mol. The lowest BCUT2D eigenvalue weighted by Gasteiger charge is -1.90. The van der Waals surface area contributed by atoms with E-state index in [-0.39, 0.29) is 5.43 Å². The fourth-order valence-corrected chi connectivity index (χ4v) is 1.51. The summed E-state index contributed by atoms with van der Waals surface area (Å²) in [7, 11) is 0.623. The number of para-hydroxylation sites is 1. The van der Waals surface area contributed by atoms with Crippen molar-refractivity contribution in [3.8, 4) is 0 Å². The molecule has 2 aromatic rings. The molecule has 0 atom stereocenters. The van der Waals surface area contributed by atoms with Crippen LogP contribution in [0.5, 0.6) is 0 Å². The molecular weight excluding hydrogens is 159 g/mol. The summed E-state index contributed by atoms with van der Waals surface area (Å²) in [6.45, 7) is 0. The Hall–Kier alpha value is -1.14. The molecule has 0 fully saturated rings. The molecule has 0 aliphatic heterocycles. The summed E-state index contributed by atoms with van der Waals surface area (Å²) in [4.78, 5) is 11.1. The second kappa shape index (κ2) is 2.48. The summed E-state index contributed by atoms with van der Waals surface area (Å²) >= 11 is 0. The topological polar surface area (TPSA) is 30.2 Å². The predicted octanol–water partition coefficient (Wildman–Crippen LogP) is 2.37. The smallest absolute Gasteiger partial charge is 0.197 e. The van der Waals surface area contributed by atoms with Gasteiger partial charge in [-0.3, -0.25) is 4.79 Å². The van der Waals surface area contributed by atoms with E-state index in [1.54, 1.807) is 12.1 Å². The molecule has 0 amide bonds. The first-order chi connectivity index (χ1) is 5.38. The van der Waals surface area contributed by atoms with Crippen LogP contribution in [0, 0.1) is 0 Å². The Kier molecular flexibility index (Phi) is 1.48. The zero-order valence-electron chi connectivity index (χ0n) is 5.65. The summed E-state index contributed by atoms with van der Waals surface area (Å²) < 4.78 is 5.19. The molecule has 0 radical (unpaired) electrons. The molecule has 0 aliphatic rings. The third-order valence-electron chi connectivity index (χ3n) is 1.47. The highest BCUT2D eigenvalue weighted by molar-refractivity contribution is 7.22. The van der Waals surface area contributed by atoms with Crippen LogP contribution in [0.15, 0.2) is 39.1 Å². The van der Waals surface area contributed by atoms with E-state index in [9.17, 15) is 4.79 Å². The Morgan fingerprint density at radius 3 is 2.91 bits per heavy atom. The lowest BCUT2D eigenvalue weighted by molar-refractivity contribution is 0.748. The molecule has 54 valence electrons. The fourth-order valence-electron chi connectivity index (χ4n) is 0.950. The van der Waals surface area contributed by atoms with Crippen LogP contribution < -0.4 is 5.43 Å². The maximum atomic E-state index is 11.1. The first-order valence-electron chi connectivity index (χ1n) is 3.22. The van der Waals surface area contributed by atoms with Gasteiger partial charge in [-0.15, -0.1) is 0 Å². The molecule has 1 heterocycles. The summed E-state index contributed by atoms with van der Waals surface area (Å²) in [6, 6.07) is 7.25. The van der Waals surface area contributed by atoms with Gasteiger partial charge in [-0.25, -0.2) is 0 Å². The molecule has 0 aliphatic carbocycles. The van der Waals surface area contributed by atoms with E-state index >= 15 is 0 Å². The molecule has 11 heavy (non-hydrogen) atoms. The number of benzene rings is 1. The van der Waals surface area contributed by atoms with Crippen molar-refractivity contribution < 1.29 is 4.20 Å². The van der Waals surface area contributed by atoms with E-state index < -0.39 is 0 Å². The van der Waals surface area contributed by atoms with Crippen molar-refractivity contribution in [2.75, 3.05) is 0 Å². The highest BCUT2D eigenvalue weighted by Crippen LogP contribution is 2.12. The van der Waals surface area contributed by atoms with Crippen LogP contribution in [0.1, 0.15) is 0 Å². The van der Waals surface area contributed by atoms with Gasteiger partial charge >= 0.3 is 0 Å². The second-order valence-electron chi connectivity index (χ2n) is 2.19. The van der Waals surface area contributed by atoms with Crippen molar-refractivity contribution in [1.82, 2.24) is 0 Å². The minimum Gasteiger partial charge on any atom is -0.439 e. The van der Waals surface area contributed by atoms with Gasteiger partial charge in [0.05, 0.1) is 11.2 Å². The Labute approximate surface area is 64.7 Å². The molecule has 0 saturated carbocycles. The molecule has 2 nitrogen and oxygen atoms in total. The van der Waals surface area contributed by atoms with Gasteiger partial charge in [-0.1, -0.05) is 12.1 Å². The van der Waals surface area contributed by atoms with Crippen LogP contribution in [0.4, 0.5) is 0 Å². The van der Waals surface area contributed by atoms with Crippen molar-refractivity contribution in [2.45, 2.75) is 0 Å². The Balaban J connectivity index is 3.03. The highest BCUT2D eigenvalue weighted by Gasteiger charge is 1.95. The van der Waals surface area contributed by atoms with Crippen LogP contribution in [0.25, 0.3) is 11.0 Å². The second-order valence-corrected chi connectivity index (χ2v) is 2.84. The van der Waals surface area contributed by atoms with Crippen LogP contribution in [-0.2, 0) is 0 Å². The van der Waals surface area contributed by atoms with Crippen LogP contribution in [0.3, 0.4) is 0 Å². The van der Waals surface area contributed by atoms with Gasteiger partial charge < -0.3 is 4.20 Å². The Morgan fingerprint density at radius 1 is 1.27 bits per heavy atom. The molecule has 0 saturated heterocycles. The highest BCUT2D eigenvalue weighted by atomic mass is 31.1. The number of rotatable bonds is 0. The van der Waals surface area contributed by atoms with Crippen LogP contribution >= 0.6 is 8.43 Å². The van der Waals surface area contributed by atoms with E-state index in [0.717, 1.165) is 0 Å². The van der Waals surface area contributed by atoms with Crippen molar-refractivity contribution in [1.29, 1.82) is 0 Å². The molecule has 0 spiro atoms. The molecule has 0 unspecified atom stereocenters. The summed E-state index contributed by atoms with van der Waals surface area (Å²) in [5.74, 6) is 1.52. The van der Waals surface area contributed by atoms with E-state index in [1.807, 2.05) is 12.1 Å². The third-order valence-corrected chi connectivity index (χ3v) is 2.12. The lowest BCUT2D eigenvalue weighted by atomic mass is 10.2. The van der Waals surface area contributed by atoms with Gasteiger partial charge in [0.25, 0.3) is 0 Å². The van der Waals surface area contributed by atoms with E-state index in [1.165, 1.54) is 5.80 Å². The van der Waals surface area contributed by atoms with Gasteiger partial charge in [-0.05, 0) is 12.1 Å². The average Bonchev–Trinajstić information content (AvgIpc) is 2.06. The Morgan fingerprint density at radius 2 is 2.09 bits per heavy atom. The van der Waals surface area contributed by atoms with E-state index in [0.29, 0.717) is 19.4 Å². The molecule has 0 N–H and O–H groups in total. The fraction of sp³-hybridized carbons (Fsp3) is 0. The lowest BCUT2D eigenvalue weighted by Crippen LogP contribution is -1.94. The molecule has 1 aromatic heterocycles. The SMILES string of the molecule is O=c1cpoc2ccccc12. The summed E-state index contributed by atoms with van der Waals surface area (Å²) in [6.07, 6.45) is 0. The number of hydrogen-bond acceptors (Lipinski definition) is 2. The monoisotopic (exact) mass is 164 g/mol. The molecule has 2 rings (SSSR count). The largest absolute Gasteiger partial charge is 0.439 e. The van der Waals surface area contributed by atoms with Crippen molar-refractivity contribution in [2.24, 2.45) is 0 Å². The molecule has 3 heteroatoms. The Bertz CT molecular complexity index is 428. The maximum Gasteiger partial charge on any atom is 0.197 e. The third kappa shape index (κ3) is 1.06. The van der Waals surface area contributed by atoms with Crippen molar-refractivity contribution in [3.63, 3.8) is 0 Å². The van der Waals surface area contributed by atoms with Crippen molar-refractivity contribution in [3.05, 3.63) is 40.3 Å². The number of fused-ring (bicyclic) bond motifs is 1. The van der Waals surface area contributed by atoms with Crippen LogP contribution in [-0.4, -0.2) is 0 Å². The van der Waals surface area contributed by atoms with Gasteiger partial charge in [-0.2, -0.15) is 0 Å². The first kappa shape index (κ1) is 6.56. The quantitative estimate of drug-likeness (QED) is 0.598. The molecule has 0 bridgehead atoms. The van der Waals surface area contributed by atoms with Crippen molar-refractivity contribution >= 4 is 19.4 Å². The first-order valence-corrected chi connectivity index (χ1v) is 4.10. The van der Waals surface area contributed by atoms with Crippen LogP contribution in [0.2, 0.25) is 0 Å². The maximum absolute atomic E-state index is 11.1. The summed E-state index contributed by atoms with van der Waals surface area (Å²) in [5.41, 5.74) is 0.732. The van der Waals surface area contributed by atoms with E-state index in [4.69, 9.17) is 4.20 Å². The van der Waals surface area contributed by atoms with E-state index in [2.05, 4.69) is 0 Å². The minimum atomic E-state index is 0.0496. The zero-order chi connectivity index (χ0) is 7.68. The van der Waals surface area contributed by atoms with Gasteiger partial charge in [0.2, 0.25) is 0 Å².